The van der Waals surface area contributed by atoms with Gasteiger partial charge in [0.2, 0.25) is 0 Å². The summed E-state index contributed by atoms with van der Waals surface area (Å²) >= 11 is 0. The molecule has 1 aromatic rings. The van der Waals surface area contributed by atoms with E-state index in [2.05, 4.69) is 28.9 Å². The van der Waals surface area contributed by atoms with Crippen LogP contribution in [0.3, 0.4) is 0 Å². The number of benzene rings is 1. The van der Waals surface area contributed by atoms with Crippen LogP contribution in [0.2, 0.25) is 0 Å². The van der Waals surface area contributed by atoms with Gasteiger partial charge in [0.15, 0.2) is 0 Å². The highest BCUT2D eigenvalue weighted by Gasteiger charge is 2.46. The summed E-state index contributed by atoms with van der Waals surface area (Å²) in [6.07, 6.45) is 2.61. The third-order valence-corrected chi connectivity index (χ3v) is 6.29. The van der Waals surface area contributed by atoms with Crippen molar-refractivity contribution in [3.63, 3.8) is 0 Å². The Labute approximate surface area is 166 Å². The maximum Gasteiger partial charge on any atom is 0.327 e. The number of rotatable bonds is 6. The lowest BCUT2D eigenvalue weighted by Gasteiger charge is -2.41. The first kappa shape index (κ1) is 19.1. The molecule has 7 nitrogen and oxygen atoms in total. The molecule has 0 N–H and O–H groups in total. The molecule has 0 aliphatic carbocycles. The number of hydrogen-bond donors (Lipinski definition) is 0. The first-order chi connectivity index (χ1) is 13.6. The molecule has 7 heteroatoms. The minimum atomic E-state index is -0.183. The van der Waals surface area contributed by atoms with Crippen molar-refractivity contribution < 1.29 is 14.3 Å². The topological polar surface area (TPSA) is 56.3 Å². The van der Waals surface area contributed by atoms with Crippen molar-refractivity contribution in [2.45, 2.75) is 38.3 Å². The molecule has 152 valence electrons. The van der Waals surface area contributed by atoms with Gasteiger partial charge in [-0.3, -0.25) is 14.6 Å². The molecule has 3 heterocycles. The van der Waals surface area contributed by atoms with Crippen molar-refractivity contribution >= 4 is 17.6 Å². The third-order valence-electron chi connectivity index (χ3n) is 6.29. The summed E-state index contributed by atoms with van der Waals surface area (Å²) in [4.78, 5) is 32.9. The second kappa shape index (κ2) is 7.99. The number of carbonyl (C=O) groups is 2. The van der Waals surface area contributed by atoms with Gasteiger partial charge in [-0.15, -0.1) is 0 Å². The third kappa shape index (κ3) is 3.55. The molecule has 3 aliphatic rings. The zero-order valence-electron chi connectivity index (χ0n) is 16.8. The van der Waals surface area contributed by atoms with Crippen LogP contribution in [0.5, 0.6) is 5.75 Å². The van der Waals surface area contributed by atoms with Crippen molar-refractivity contribution in [1.82, 2.24) is 14.7 Å². The average Bonchev–Trinajstić information content (AvgIpc) is 3.28. The zero-order valence-corrected chi connectivity index (χ0v) is 16.8. The molecule has 3 saturated heterocycles. The first-order valence-corrected chi connectivity index (χ1v) is 10.3. The van der Waals surface area contributed by atoms with Crippen LogP contribution >= 0.6 is 0 Å². The molecule has 0 spiro atoms. The smallest absolute Gasteiger partial charge is 0.327 e. The lowest BCUT2D eigenvalue weighted by atomic mass is 10.1. The zero-order chi connectivity index (χ0) is 19.7. The van der Waals surface area contributed by atoms with Crippen LogP contribution in [0.1, 0.15) is 26.2 Å². The number of imide groups is 1. The highest BCUT2D eigenvalue weighted by atomic mass is 16.5. The normalized spacial score (nSPS) is 25.6. The number of methoxy groups -OCH3 is 1. The molecule has 3 aliphatic heterocycles. The van der Waals surface area contributed by atoms with Crippen LogP contribution in [-0.2, 0) is 4.79 Å². The van der Waals surface area contributed by atoms with Crippen molar-refractivity contribution in [2.24, 2.45) is 0 Å². The average molecular weight is 386 g/mol. The summed E-state index contributed by atoms with van der Waals surface area (Å²) in [6, 6.07) is 8.37. The van der Waals surface area contributed by atoms with Gasteiger partial charge < -0.3 is 14.5 Å². The van der Waals surface area contributed by atoms with E-state index in [0.29, 0.717) is 12.6 Å². The van der Waals surface area contributed by atoms with Gasteiger partial charge in [-0.2, -0.15) is 0 Å². The highest BCUT2D eigenvalue weighted by Crippen LogP contribution is 2.28. The Bertz CT molecular complexity index is 718. The van der Waals surface area contributed by atoms with E-state index >= 15 is 0 Å². The van der Waals surface area contributed by atoms with E-state index in [9.17, 15) is 9.59 Å². The fraction of sp³-hybridized carbons (Fsp3) is 0.619. The molecule has 3 amide bonds. The van der Waals surface area contributed by atoms with Gasteiger partial charge in [0.25, 0.3) is 5.91 Å². The predicted octanol–water partition coefficient (Wildman–Crippen LogP) is 2.02. The number of ether oxygens (including phenoxy) is 1. The minimum Gasteiger partial charge on any atom is -0.497 e. The quantitative estimate of drug-likeness (QED) is 0.700. The van der Waals surface area contributed by atoms with Gasteiger partial charge in [0, 0.05) is 57.1 Å². The Morgan fingerprint density at radius 2 is 2.00 bits per heavy atom. The number of hydrogen-bond acceptors (Lipinski definition) is 5. The fourth-order valence-corrected chi connectivity index (χ4v) is 4.69. The van der Waals surface area contributed by atoms with E-state index in [-0.39, 0.29) is 18.0 Å². The van der Waals surface area contributed by atoms with Crippen LogP contribution in [0.15, 0.2) is 24.3 Å². The number of anilines is 1. The summed E-state index contributed by atoms with van der Waals surface area (Å²) in [6.45, 7) is 7.33. The van der Waals surface area contributed by atoms with Crippen LogP contribution in [0, 0.1) is 0 Å². The first-order valence-electron chi connectivity index (χ1n) is 10.3. The van der Waals surface area contributed by atoms with Gasteiger partial charge in [0.05, 0.1) is 7.11 Å². The summed E-state index contributed by atoms with van der Waals surface area (Å²) < 4.78 is 5.34. The minimum absolute atomic E-state index is 0.0124. The summed E-state index contributed by atoms with van der Waals surface area (Å²) in [5, 5.41) is 0. The van der Waals surface area contributed by atoms with E-state index in [0.717, 1.165) is 57.7 Å². The van der Waals surface area contributed by atoms with Crippen LogP contribution in [0.25, 0.3) is 0 Å². The van der Waals surface area contributed by atoms with Crippen molar-refractivity contribution in [3.05, 3.63) is 24.3 Å². The molecule has 4 rings (SSSR count). The Balaban J connectivity index is 1.26. The van der Waals surface area contributed by atoms with E-state index in [1.807, 2.05) is 12.1 Å². The summed E-state index contributed by atoms with van der Waals surface area (Å²) in [5.41, 5.74) is 1.19. The number of piperazine rings is 1. The summed E-state index contributed by atoms with van der Waals surface area (Å²) in [5.74, 6) is 0.895. The molecule has 0 bridgehead atoms. The largest absolute Gasteiger partial charge is 0.497 e. The summed E-state index contributed by atoms with van der Waals surface area (Å²) in [7, 11) is 1.69. The van der Waals surface area contributed by atoms with Gasteiger partial charge in [0.1, 0.15) is 11.8 Å². The van der Waals surface area contributed by atoms with Crippen LogP contribution in [-0.4, -0.2) is 85.1 Å². The molecule has 1 aromatic carbocycles. The van der Waals surface area contributed by atoms with E-state index in [1.165, 1.54) is 10.6 Å². The monoisotopic (exact) mass is 386 g/mol. The van der Waals surface area contributed by atoms with Crippen LogP contribution < -0.4 is 9.64 Å². The Morgan fingerprint density at radius 3 is 2.75 bits per heavy atom. The Morgan fingerprint density at radius 1 is 1.14 bits per heavy atom. The maximum absolute atomic E-state index is 12.4. The molecular weight excluding hydrogens is 356 g/mol. The van der Waals surface area contributed by atoms with E-state index in [1.54, 1.807) is 12.0 Å². The Hall–Kier alpha value is -2.28. The standard InChI is InChI=1S/C21H30N4O3/c1-16-15-23(17-6-3-7-18(14-17)28-2)13-12-22(16)9-5-11-25-20(26)19-8-4-10-24(19)21(25)27/h3,6-7,14,16,19H,4-5,8-13,15H2,1-2H3/t16-,19?/m0/s1. The van der Waals surface area contributed by atoms with Gasteiger partial charge >= 0.3 is 6.03 Å². The van der Waals surface area contributed by atoms with E-state index < -0.39 is 0 Å². The predicted molar refractivity (Wildman–Crippen MR) is 108 cm³/mol. The molecular formula is C21H30N4O3. The molecule has 28 heavy (non-hydrogen) atoms. The van der Waals surface area contributed by atoms with Crippen molar-refractivity contribution in [1.29, 1.82) is 0 Å². The number of urea groups is 1. The molecule has 0 aromatic heterocycles. The van der Waals surface area contributed by atoms with Gasteiger partial charge in [-0.1, -0.05) is 6.07 Å². The second-order valence-electron chi connectivity index (χ2n) is 8.01. The molecule has 2 atom stereocenters. The van der Waals surface area contributed by atoms with Crippen molar-refractivity contribution in [2.75, 3.05) is 51.3 Å². The number of carbonyl (C=O) groups excluding carboxylic acids is 2. The number of fused-ring (bicyclic) bond motifs is 1. The molecule has 3 fully saturated rings. The lowest BCUT2D eigenvalue weighted by Crippen LogP contribution is -2.52. The highest BCUT2D eigenvalue weighted by molar-refractivity contribution is 6.04. The number of nitrogens with zero attached hydrogens (tertiary/aromatic N) is 4. The molecule has 0 saturated carbocycles. The van der Waals surface area contributed by atoms with E-state index in [4.69, 9.17) is 4.74 Å². The number of amides is 3. The van der Waals surface area contributed by atoms with Crippen molar-refractivity contribution in [3.8, 4) is 5.75 Å². The SMILES string of the molecule is COc1cccc(N2CCN(CCCN3C(=O)C4CCCN4C3=O)[C@@H](C)C2)c1. The fourth-order valence-electron chi connectivity index (χ4n) is 4.69. The second-order valence-corrected chi connectivity index (χ2v) is 8.01. The van der Waals surface area contributed by atoms with Gasteiger partial charge in [-0.25, -0.2) is 4.79 Å². The molecule has 0 radical (unpaired) electrons. The Kier molecular flexibility index (Phi) is 5.44. The molecule has 1 unspecified atom stereocenters. The van der Waals surface area contributed by atoms with Gasteiger partial charge in [-0.05, 0) is 38.3 Å². The maximum atomic E-state index is 12.4. The lowest BCUT2D eigenvalue weighted by molar-refractivity contribution is -0.128. The van der Waals surface area contributed by atoms with Crippen LogP contribution in [0.4, 0.5) is 10.5 Å².